The fourth-order valence-corrected chi connectivity index (χ4v) is 3.74. The summed E-state index contributed by atoms with van der Waals surface area (Å²) in [7, 11) is 1.80. The fourth-order valence-electron chi connectivity index (χ4n) is 3.74. The largest absolute Gasteiger partial charge is 0.382 e. The van der Waals surface area contributed by atoms with Crippen LogP contribution >= 0.6 is 0 Å². The Hall–Kier alpha value is -5.24. The molecule has 36 heavy (non-hydrogen) atoms. The van der Waals surface area contributed by atoms with Crippen LogP contribution in [0.25, 0.3) is 33.5 Å². The highest BCUT2D eigenvalue weighted by atomic mass is 16.2. The van der Waals surface area contributed by atoms with Crippen molar-refractivity contribution in [1.29, 1.82) is 5.26 Å². The van der Waals surface area contributed by atoms with Crippen molar-refractivity contribution in [3.05, 3.63) is 78.3 Å². The summed E-state index contributed by atoms with van der Waals surface area (Å²) >= 11 is 0. The molecule has 5 aromatic rings. The first-order valence-electron chi connectivity index (χ1n) is 11.0. The SMILES string of the molecule is CC(NC(=O)c1nc(-c2ccc3ncccc3c2)c(-c2ccn(C)n2)nc1N)c1cncc(C#N)n1. The zero-order chi connectivity index (χ0) is 25.2. The Kier molecular flexibility index (Phi) is 5.75. The molecular formula is C25H20N10O. The lowest BCUT2D eigenvalue weighted by Crippen LogP contribution is -2.29. The molecule has 3 N–H and O–H groups in total. The van der Waals surface area contributed by atoms with Crippen LogP contribution in [0.5, 0.6) is 0 Å². The second-order valence-corrected chi connectivity index (χ2v) is 8.08. The third-order valence-corrected chi connectivity index (χ3v) is 5.53. The molecule has 0 saturated carbocycles. The van der Waals surface area contributed by atoms with E-state index in [0.717, 1.165) is 16.5 Å². The predicted molar refractivity (Wildman–Crippen MR) is 132 cm³/mol. The molecule has 0 spiro atoms. The maximum absolute atomic E-state index is 13.2. The van der Waals surface area contributed by atoms with Gasteiger partial charge in [-0.1, -0.05) is 12.1 Å². The molecule has 0 bridgehead atoms. The number of nitrogens with zero attached hydrogens (tertiary/aromatic N) is 8. The number of hydrogen-bond acceptors (Lipinski definition) is 9. The molecular weight excluding hydrogens is 456 g/mol. The van der Waals surface area contributed by atoms with E-state index in [9.17, 15) is 4.79 Å². The van der Waals surface area contributed by atoms with Gasteiger partial charge in [-0.15, -0.1) is 0 Å². The zero-order valence-electron chi connectivity index (χ0n) is 19.4. The smallest absolute Gasteiger partial charge is 0.274 e. The van der Waals surface area contributed by atoms with Crippen LogP contribution in [0.15, 0.2) is 61.2 Å². The van der Waals surface area contributed by atoms with Crippen molar-refractivity contribution in [3.63, 3.8) is 0 Å². The molecule has 1 atom stereocenters. The van der Waals surface area contributed by atoms with E-state index in [1.165, 1.54) is 12.4 Å². The number of hydrogen-bond donors (Lipinski definition) is 2. The Labute approximate surface area is 205 Å². The molecule has 11 heteroatoms. The highest BCUT2D eigenvalue weighted by molar-refractivity contribution is 5.98. The number of nitrogens with one attached hydrogen (secondary N) is 1. The van der Waals surface area contributed by atoms with Crippen LogP contribution in [0, 0.1) is 11.3 Å². The van der Waals surface area contributed by atoms with Crippen molar-refractivity contribution in [2.24, 2.45) is 7.05 Å². The number of rotatable bonds is 5. The fraction of sp³-hybridized carbons (Fsp3) is 0.120. The summed E-state index contributed by atoms with van der Waals surface area (Å²) < 4.78 is 1.65. The van der Waals surface area contributed by atoms with Crippen molar-refractivity contribution in [3.8, 4) is 28.7 Å². The van der Waals surface area contributed by atoms with Gasteiger partial charge in [0.2, 0.25) is 0 Å². The van der Waals surface area contributed by atoms with Crippen LogP contribution in [0.3, 0.4) is 0 Å². The lowest BCUT2D eigenvalue weighted by Gasteiger charge is -2.15. The number of amides is 1. The van der Waals surface area contributed by atoms with Gasteiger partial charge in [-0.25, -0.2) is 15.0 Å². The van der Waals surface area contributed by atoms with Crippen LogP contribution in [0.4, 0.5) is 5.82 Å². The Morgan fingerprint density at radius 2 is 2.00 bits per heavy atom. The van der Waals surface area contributed by atoms with Crippen molar-refractivity contribution < 1.29 is 4.79 Å². The topological polar surface area (TPSA) is 161 Å². The highest BCUT2D eigenvalue weighted by Gasteiger charge is 2.23. The van der Waals surface area contributed by atoms with E-state index >= 15 is 0 Å². The van der Waals surface area contributed by atoms with Gasteiger partial charge in [0.05, 0.1) is 35.3 Å². The lowest BCUT2D eigenvalue weighted by atomic mass is 10.0. The first-order valence-corrected chi connectivity index (χ1v) is 11.0. The maximum atomic E-state index is 13.2. The van der Waals surface area contributed by atoms with Gasteiger partial charge >= 0.3 is 0 Å². The highest BCUT2D eigenvalue weighted by Crippen LogP contribution is 2.31. The number of carbonyl (C=O) groups excluding carboxylic acids is 1. The Morgan fingerprint density at radius 3 is 2.78 bits per heavy atom. The molecule has 1 unspecified atom stereocenters. The maximum Gasteiger partial charge on any atom is 0.274 e. The van der Waals surface area contributed by atoms with Gasteiger partial charge < -0.3 is 11.1 Å². The summed E-state index contributed by atoms with van der Waals surface area (Å²) in [6.07, 6.45) is 6.35. The van der Waals surface area contributed by atoms with Gasteiger partial charge in [-0.3, -0.25) is 19.4 Å². The minimum absolute atomic E-state index is 0.0350. The summed E-state index contributed by atoms with van der Waals surface area (Å²) in [6, 6.07) is 12.7. The summed E-state index contributed by atoms with van der Waals surface area (Å²) in [5.41, 5.74) is 9.81. The first kappa shape index (κ1) is 22.5. The molecule has 11 nitrogen and oxygen atoms in total. The van der Waals surface area contributed by atoms with E-state index < -0.39 is 11.9 Å². The van der Waals surface area contributed by atoms with Gasteiger partial charge in [0, 0.05) is 30.4 Å². The second kappa shape index (κ2) is 9.19. The standard InChI is InChI=1S/C25H20N10O/c1-14(20-13-28-12-17(11-26)31-20)30-25(36)23-24(27)33-22(19-7-9-35(2)34-19)21(32-23)16-5-6-18-15(10-16)4-3-8-29-18/h3-10,12-14H,1-2H3,(H2,27,33)(H,30,36). The normalized spacial score (nSPS) is 11.7. The van der Waals surface area contributed by atoms with Crippen LogP contribution in [-0.4, -0.2) is 40.6 Å². The number of aromatic nitrogens is 7. The summed E-state index contributed by atoms with van der Waals surface area (Å²) in [6.45, 7) is 1.73. The number of nitriles is 1. The quantitative estimate of drug-likeness (QED) is 0.388. The zero-order valence-corrected chi connectivity index (χ0v) is 19.4. The second-order valence-electron chi connectivity index (χ2n) is 8.08. The van der Waals surface area contributed by atoms with Crippen LogP contribution < -0.4 is 11.1 Å². The summed E-state index contributed by atoms with van der Waals surface area (Å²) in [5, 5.41) is 17.3. The average molecular weight is 477 g/mol. The lowest BCUT2D eigenvalue weighted by molar-refractivity contribution is 0.0935. The van der Waals surface area contributed by atoms with E-state index in [0.29, 0.717) is 22.8 Å². The minimum Gasteiger partial charge on any atom is -0.382 e. The number of anilines is 1. The molecule has 0 radical (unpaired) electrons. The Bertz CT molecular complexity index is 1650. The third kappa shape index (κ3) is 4.30. The van der Waals surface area contributed by atoms with Gasteiger partial charge in [0.25, 0.3) is 5.91 Å². The van der Waals surface area contributed by atoms with Crippen molar-refractivity contribution in [2.75, 3.05) is 5.73 Å². The number of aryl methyl sites for hydroxylation is 1. The molecule has 4 heterocycles. The number of carbonyl (C=O) groups is 1. The van der Waals surface area contributed by atoms with E-state index in [4.69, 9.17) is 11.0 Å². The number of fused-ring (bicyclic) bond motifs is 1. The molecule has 0 aliphatic carbocycles. The molecule has 0 aliphatic rings. The van der Waals surface area contributed by atoms with Crippen molar-refractivity contribution in [2.45, 2.75) is 13.0 Å². The molecule has 0 fully saturated rings. The van der Waals surface area contributed by atoms with E-state index in [1.807, 2.05) is 36.4 Å². The first-order chi connectivity index (χ1) is 17.4. The molecule has 5 rings (SSSR count). The average Bonchev–Trinajstić information content (AvgIpc) is 3.34. The summed E-state index contributed by atoms with van der Waals surface area (Å²) in [5.74, 6) is -0.573. The monoisotopic (exact) mass is 476 g/mol. The van der Waals surface area contributed by atoms with Gasteiger partial charge in [0.1, 0.15) is 17.5 Å². The predicted octanol–water partition coefficient (Wildman–Crippen LogP) is 2.83. The van der Waals surface area contributed by atoms with Crippen molar-refractivity contribution >= 4 is 22.6 Å². The Balaban J connectivity index is 1.58. The van der Waals surface area contributed by atoms with Crippen LogP contribution in [0.2, 0.25) is 0 Å². The minimum atomic E-state index is -0.551. The van der Waals surface area contributed by atoms with Gasteiger partial charge in [-0.05, 0) is 31.2 Å². The molecule has 4 aromatic heterocycles. The number of nitrogen functional groups attached to an aromatic ring is 1. The Morgan fingerprint density at radius 1 is 1.14 bits per heavy atom. The van der Waals surface area contributed by atoms with E-state index in [-0.39, 0.29) is 17.2 Å². The van der Waals surface area contributed by atoms with E-state index in [1.54, 1.807) is 37.1 Å². The van der Waals surface area contributed by atoms with Crippen molar-refractivity contribution in [1.82, 2.24) is 40.0 Å². The molecule has 0 aliphatic heterocycles. The molecule has 176 valence electrons. The molecule has 1 aromatic carbocycles. The molecule has 0 saturated heterocycles. The van der Waals surface area contributed by atoms with E-state index in [2.05, 4.69) is 35.3 Å². The summed E-state index contributed by atoms with van der Waals surface area (Å²) in [4.78, 5) is 35.0. The van der Waals surface area contributed by atoms with Gasteiger partial charge in [0.15, 0.2) is 17.2 Å². The molecule has 1 amide bonds. The third-order valence-electron chi connectivity index (χ3n) is 5.53. The number of nitrogens with two attached hydrogens (primary N) is 1. The number of pyridine rings is 1. The van der Waals surface area contributed by atoms with Crippen LogP contribution in [-0.2, 0) is 7.05 Å². The van der Waals surface area contributed by atoms with Gasteiger partial charge in [-0.2, -0.15) is 10.4 Å². The number of benzene rings is 1. The van der Waals surface area contributed by atoms with Crippen LogP contribution in [0.1, 0.15) is 34.8 Å².